The van der Waals surface area contributed by atoms with Gasteiger partial charge in [0.2, 0.25) is 6.29 Å². The van der Waals surface area contributed by atoms with Crippen LogP contribution < -0.4 is 9.47 Å². The number of methoxy groups -OCH3 is 1. The lowest BCUT2D eigenvalue weighted by atomic mass is 10.1. The quantitative estimate of drug-likeness (QED) is 0.808. The molecule has 0 saturated carbocycles. The van der Waals surface area contributed by atoms with E-state index in [4.69, 9.17) is 9.47 Å². The molecule has 1 N–H and O–H groups in total. The molecular formula is C18H20O3. The SMILES string of the molecule is CC/C=C/c1ccc(C(O)Oc2ccc(OC)cc2)cc1. The molecule has 2 aromatic rings. The Labute approximate surface area is 125 Å². The number of ether oxygens (including phenoxy) is 2. The Balaban J connectivity index is 2.01. The first-order valence-corrected chi connectivity index (χ1v) is 6.98. The van der Waals surface area contributed by atoms with Crippen molar-refractivity contribution in [1.29, 1.82) is 0 Å². The highest BCUT2D eigenvalue weighted by Gasteiger charge is 2.09. The van der Waals surface area contributed by atoms with Crippen LogP contribution >= 0.6 is 0 Å². The Morgan fingerprint density at radius 3 is 2.19 bits per heavy atom. The van der Waals surface area contributed by atoms with Crippen molar-refractivity contribution < 1.29 is 14.6 Å². The zero-order chi connectivity index (χ0) is 15.1. The molecule has 0 radical (unpaired) electrons. The number of allylic oxidation sites excluding steroid dienone is 1. The average Bonchev–Trinajstić information content (AvgIpc) is 2.54. The second-order valence-corrected chi connectivity index (χ2v) is 4.62. The zero-order valence-corrected chi connectivity index (χ0v) is 12.3. The Kier molecular flexibility index (Phi) is 5.41. The lowest BCUT2D eigenvalue weighted by Gasteiger charge is -2.14. The second-order valence-electron chi connectivity index (χ2n) is 4.62. The van der Waals surface area contributed by atoms with Gasteiger partial charge in [0.15, 0.2) is 0 Å². The molecule has 2 aromatic carbocycles. The molecule has 0 heterocycles. The van der Waals surface area contributed by atoms with Crippen LogP contribution in [0, 0.1) is 0 Å². The summed E-state index contributed by atoms with van der Waals surface area (Å²) in [4.78, 5) is 0. The molecule has 2 rings (SSSR count). The highest BCUT2D eigenvalue weighted by Crippen LogP contribution is 2.23. The summed E-state index contributed by atoms with van der Waals surface area (Å²) in [6.07, 6.45) is 4.17. The van der Waals surface area contributed by atoms with Gasteiger partial charge in [-0.3, -0.25) is 0 Å². The summed E-state index contributed by atoms with van der Waals surface area (Å²) in [5.41, 5.74) is 1.83. The van der Waals surface area contributed by atoms with Gasteiger partial charge < -0.3 is 14.6 Å². The molecule has 0 aliphatic rings. The third-order valence-corrected chi connectivity index (χ3v) is 3.07. The summed E-state index contributed by atoms with van der Waals surface area (Å²) in [7, 11) is 1.61. The van der Waals surface area contributed by atoms with Crippen molar-refractivity contribution >= 4 is 6.08 Å². The largest absolute Gasteiger partial charge is 0.497 e. The summed E-state index contributed by atoms with van der Waals surface area (Å²) < 4.78 is 10.6. The molecule has 0 aliphatic carbocycles. The van der Waals surface area contributed by atoms with Crippen LogP contribution in [0.3, 0.4) is 0 Å². The fraction of sp³-hybridized carbons (Fsp3) is 0.222. The Morgan fingerprint density at radius 1 is 1.00 bits per heavy atom. The van der Waals surface area contributed by atoms with Crippen molar-refractivity contribution in [2.75, 3.05) is 7.11 Å². The molecule has 0 amide bonds. The average molecular weight is 284 g/mol. The van der Waals surface area contributed by atoms with Gasteiger partial charge in [0.1, 0.15) is 11.5 Å². The highest BCUT2D eigenvalue weighted by atomic mass is 16.6. The Morgan fingerprint density at radius 2 is 1.62 bits per heavy atom. The van der Waals surface area contributed by atoms with Crippen molar-refractivity contribution in [2.45, 2.75) is 19.6 Å². The molecule has 1 unspecified atom stereocenters. The highest BCUT2D eigenvalue weighted by molar-refractivity contribution is 5.49. The van der Waals surface area contributed by atoms with Crippen LogP contribution in [0.4, 0.5) is 0 Å². The van der Waals surface area contributed by atoms with E-state index < -0.39 is 6.29 Å². The minimum Gasteiger partial charge on any atom is -0.497 e. The zero-order valence-electron chi connectivity index (χ0n) is 12.3. The summed E-state index contributed by atoms with van der Waals surface area (Å²) in [6, 6.07) is 14.8. The fourth-order valence-electron chi connectivity index (χ4n) is 1.88. The van der Waals surface area contributed by atoms with Gasteiger partial charge in [-0.2, -0.15) is 0 Å². The van der Waals surface area contributed by atoms with Crippen molar-refractivity contribution in [3.8, 4) is 11.5 Å². The van der Waals surface area contributed by atoms with Crippen LogP contribution in [-0.2, 0) is 0 Å². The van der Waals surface area contributed by atoms with E-state index in [0.717, 1.165) is 23.3 Å². The normalized spacial score (nSPS) is 12.3. The van der Waals surface area contributed by atoms with E-state index in [9.17, 15) is 5.11 Å². The van der Waals surface area contributed by atoms with E-state index in [0.29, 0.717) is 5.75 Å². The van der Waals surface area contributed by atoms with Crippen molar-refractivity contribution in [2.24, 2.45) is 0 Å². The summed E-state index contributed by atoms with van der Waals surface area (Å²) in [5.74, 6) is 1.35. The number of hydrogen-bond acceptors (Lipinski definition) is 3. The van der Waals surface area contributed by atoms with Crippen LogP contribution in [0.15, 0.2) is 54.6 Å². The molecule has 1 atom stereocenters. The maximum atomic E-state index is 10.1. The molecule has 21 heavy (non-hydrogen) atoms. The van der Waals surface area contributed by atoms with Gasteiger partial charge in [0.25, 0.3) is 0 Å². The van der Waals surface area contributed by atoms with Gasteiger partial charge in [-0.25, -0.2) is 0 Å². The number of aliphatic hydroxyl groups is 1. The van der Waals surface area contributed by atoms with E-state index in [2.05, 4.69) is 19.1 Å². The first kappa shape index (κ1) is 15.1. The standard InChI is InChI=1S/C18H20O3/c1-3-4-5-14-6-8-15(9-7-14)18(19)21-17-12-10-16(20-2)11-13-17/h4-13,18-19H,3H2,1-2H3/b5-4+. The lowest BCUT2D eigenvalue weighted by Crippen LogP contribution is -2.06. The number of hydrogen-bond donors (Lipinski definition) is 1. The minimum absolute atomic E-state index is 0.596. The Bertz CT molecular complexity index is 570. The van der Waals surface area contributed by atoms with Crippen LogP contribution in [0.5, 0.6) is 11.5 Å². The molecule has 0 saturated heterocycles. The molecule has 3 nitrogen and oxygen atoms in total. The Hall–Kier alpha value is -2.26. The topological polar surface area (TPSA) is 38.7 Å². The lowest BCUT2D eigenvalue weighted by molar-refractivity contribution is -0.0194. The maximum Gasteiger partial charge on any atom is 0.224 e. The van der Waals surface area contributed by atoms with Gasteiger partial charge >= 0.3 is 0 Å². The third-order valence-electron chi connectivity index (χ3n) is 3.07. The van der Waals surface area contributed by atoms with E-state index in [1.165, 1.54) is 0 Å². The van der Waals surface area contributed by atoms with Crippen LogP contribution in [0.25, 0.3) is 6.08 Å². The van der Waals surface area contributed by atoms with Gasteiger partial charge in [-0.05, 0) is 36.2 Å². The van der Waals surface area contributed by atoms with Gasteiger partial charge in [0.05, 0.1) is 7.11 Å². The van der Waals surface area contributed by atoms with Gasteiger partial charge in [-0.15, -0.1) is 0 Å². The first-order valence-electron chi connectivity index (χ1n) is 6.98. The maximum absolute atomic E-state index is 10.1. The summed E-state index contributed by atoms with van der Waals surface area (Å²) >= 11 is 0. The molecule has 110 valence electrons. The summed E-state index contributed by atoms with van der Waals surface area (Å²) in [5, 5.41) is 10.1. The van der Waals surface area contributed by atoms with Crippen LogP contribution in [0.1, 0.15) is 30.8 Å². The van der Waals surface area contributed by atoms with Gasteiger partial charge in [-0.1, -0.05) is 43.3 Å². The molecule has 0 aromatic heterocycles. The minimum atomic E-state index is -0.984. The fourth-order valence-corrected chi connectivity index (χ4v) is 1.88. The predicted octanol–water partition coefficient (Wildman–Crippen LogP) is 4.19. The molecule has 0 spiro atoms. The molecular weight excluding hydrogens is 264 g/mol. The number of rotatable bonds is 6. The van der Waals surface area contributed by atoms with E-state index in [1.807, 2.05) is 24.3 Å². The predicted molar refractivity (Wildman–Crippen MR) is 84.3 cm³/mol. The smallest absolute Gasteiger partial charge is 0.224 e. The van der Waals surface area contributed by atoms with Gasteiger partial charge in [0, 0.05) is 5.56 Å². The van der Waals surface area contributed by atoms with Crippen molar-refractivity contribution in [1.82, 2.24) is 0 Å². The molecule has 0 fully saturated rings. The first-order chi connectivity index (χ1) is 10.2. The monoisotopic (exact) mass is 284 g/mol. The number of aliphatic hydroxyl groups excluding tert-OH is 1. The van der Waals surface area contributed by atoms with E-state index in [-0.39, 0.29) is 0 Å². The molecule has 3 heteroatoms. The second kappa shape index (κ2) is 7.50. The van der Waals surface area contributed by atoms with Crippen LogP contribution in [-0.4, -0.2) is 12.2 Å². The molecule has 0 bridgehead atoms. The third kappa shape index (κ3) is 4.36. The van der Waals surface area contributed by atoms with E-state index in [1.54, 1.807) is 31.4 Å². The van der Waals surface area contributed by atoms with E-state index >= 15 is 0 Å². The number of benzene rings is 2. The van der Waals surface area contributed by atoms with Crippen molar-refractivity contribution in [3.63, 3.8) is 0 Å². The molecule has 0 aliphatic heterocycles. The van der Waals surface area contributed by atoms with Crippen molar-refractivity contribution in [3.05, 3.63) is 65.7 Å². The van der Waals surface area contributed by atoms with Crippen LogP contribution in [0.2, 0.25) is 0 Å². The summed E-state index contributed by atoms with van der Waals surface area (Å²) in [6.45, 7) is 2.09.